The number of nitrogens with one attached hydrogen (secondary N) is 1. The van der Waals surface area contributed by atoms with Crippen molar-refractivity contribution in [2.45, 2.75) is 19.9 Å². The van der Waals surface area contributed by atoms with Gasteiger partial charge in [0.2, 0.25) is 5.91 Å². The second kappa shape index (κ2) is 6.58. The molecule has 1 amide bonds. The SMILES string of the molecule is CC(C)C(NC(=O)/C=C/c1ccc(O)cc1)C(=O)O. The van der Waals surface area contributed by atoms with Crippen molar-refractivity contribution < 1.29 is 19.8 Å². The average molecular weight is 263 g/mol. The predicted molar refractivity (Wildman–Crippen MR) is 71.5 cm³/mol. The Balaban J connectivity index is 2.64. The van der Waals surface area contributed by atoms with Crippen molar-refractivity contribution in [2.75, 3.05) is 0 Å². The standard InChI is InChI=1S/C14H17NO4/c1-9(2)13(14(18)19)15-12(17)8-5-10-3-6-11(16)7-4-10/h3-9,13,16H,1-2H3,(H,15,17)(H,18,19)/b8-5+. The molecule has 19 heavy (non-hydrogen) atoms. The number of benzene rings is 1. The van der Waals surface area contributed by atoms with E-state index in [4.69, 9.17) is 10.2 Å². The van der Waals surface area contributed by atoms with Gasteiger partial charge in [-0.05, 0) is 29.7 Å². The van der Waals surface area contributed by atoms with Gasteiger partial charge in [-0.2, -0.15) is 0 Å². The Kier molecular flexibility index (Phi) is 5.11. The monoisotopic (exact) mass is 263 g/mol. The lowest BCUT2D eigenvalue weighted by Gasteiger charge is -2.16. The van der Waals surface area contributed by atoms with Gasteiger partial charge in [0.1, 0.15) is 11.8 Å². The van der Waals surface area contributed by atoms with Gasteiger partial charge in [0.25, 0.3) is 0 Å². The van der Waals surface area contributed by atoms with E-state index < -0.39 is 17.9 Å². The van der Waals surface area contributed by atoms with Crippen LogP contribution in [0.3, 0.4) is 0 Å². The number of phenolic OH excluding ortho intramolecular Hbond substituents is 1. The second-order valence-electron chi connectivity index (χ2n) is 4.49. The van der Waals surface area contributed by atoms with Crippen LogP contribution in [0.5, 0.6) is 5.75 Å². The van der Waals surface area contributed by atoms with Crippen LogP contribution >= 0.6 is 0 Å². The fraction of sp³-hybridized carbons (Fsp3) is 0.286. The van der Waals surface area contributed by atoms with E-state index in [1.807, 2.05) is 0 Å². The molecular weight excluding hydrogens is 246 g/mol. The van der Waals surface area contributed by atoms with Crippen LogP contribution in [0.1, 0.15) is 19.4 Å². The molecule has 0 aliphatic heterocycles. The van der Waals surface area contributed by atoms with E-state index in [1.165, 1.54) is 18.2 Å². The van der Waals surface area contributed by atoms with Crippen molar-refractivity contribution >= 4 is 18.0 Å². The number of hydrogen-bond donors (Lipinski definition) is 3. The van der Waals surface area contributed by atoms with Gasteiger partial charge in [0.05, 0.1) is 0 Å². The van der Waals surface area contributed by atoms with Gasteiger partial charge < -0.3 is 15.5 Å². The zero-order valence-electron chi connectivity index (χ0n) is 10.8. The molecule has 1 aromatic rings. The quantitative estimate of drug-likeness (QED) is 0.705. The van der Waals surface area contributed by atoms with Crippen molar-refractivity contribution in [2.24, 2.45) is 5.92 Å². The molecule has 0 aliphatic carbocycles. The minimum Gasteiger partial charge on any atom is -0.508 e. The molecule has 0 heterocycles. The van der Waals surface area contributed by atoms with Crippen LogP contribution in [0.4, 0.5) is 0 Å². The first-order valence-corrected chi connectivity index (χ1v) is 5.90. The summed E-state index contributed by atoms with van der Waals surface area (Å²) in [5, 5.41) is 20.5. The summed E-state index contributed by atoms with van der Waals surface area (Å²) in [4.78, 5) is 22.5. The summed E-state index contributed by atoms with van der Waals surface area (Å²) in [7, 11) is 0. The zero-order valence-corrected chi connectivity index (χ0v) is 10.8. The largest absolute Gasteiger partial charge is 0.508 e. The van der Waals surface area contributed by atoms with Gasteiger partial charge >= 0.3 is 5.97 Å². The van der Waals surface area contributed by atoms with E-state index in [1.54, 1.807) is 32.1 Å². The third-order valence-electron chi connectivity index (χ3n) is 2.55. The van der Waals surface area contributed by atoms with Gasteiger partial charge in [0.15, 0.2) is 0 Å². The first kappa shape index (κ1) is 14.8. The van der Waals surface area contributed by atoms with Crippen LogP contribution in [-0.2, 0) is 9.59 Å². The lowest BCUT2D eigenvalue weighted by molar-refractivity contribution is -0.142. The van der Waals surface area contributed by atoms with E-state index in [-0.39, 0.29) is 11.7 Å². The molecule has 0 aliphatic rings. The molecule has 3 N–H and O–H groups in total. The van der Waals surface area contributed by atoms with E-state index in [2.05, 4.69) is 5.32 Å². The molecule has 0 aromatic heterocycles. The topological polar surface area (TPSA) is 86.6 Å². The molecule has 1 aromatic carbocycles. The third-order valence-corrected chi connectivity index (χ3v) is 2.55. The number of carboxylic acid groups (broad SMARTS) is 1. The van der Waals surface area contributed by atoms with E-state index in [0.29, 0.717) is 0 Å². The zero-order chi connectivity index (χ0) is 14.4. The number of amides is 1. The Bertz CT molecular complexity index is 477. The number of rotatable bonds is 5. The van der Waals surface area contributed by atoms with Gasteiger partial charge in [-0.25, -0.2) is 4.79 Å². The summed E-state index contributed by atoms with van der Waals surface area (Å²) in [5.74, 6) is -1.56. The molecule has 0 spiro atoms. The Labute approximate surface area is 111 Å². The van der Waals surface area contributed by atoms with Gasteiger partial charge in [0, 0.05) is 6.08 Å². The highest BCUT2D eigenvalue weighted by atomic mass is 16.4. The molecule has 102 valence electrons. The minimum absolute atomic E-state index is 0.146. The minimum atomic E-state index is -1.05. The summed E-state index contributed by atoms with van der Waals surface area (Å²) in [6.07, 6.45) is 2.82. The maximum atomic E-state index is 11.6. The van der Waals surface area contributed by atoms with E-state index >= 15 is 0 Å². The Morgan fingerprint density at radius 1 is 1.21 bits per heavy atom. The van der Waals surface area contributed by atoms with Crippen LogP contribution in [0, 0.1) is 5.92 Å². The second-order valence-corrected chi connectivity index (χ2v) is 4.49. The van der Waals surface area contributed by atoms with Crippen LogP contribution < -0.4 is 5.32 Å². The Morgan fingerprint density at radius 3 is 2.26 bits per heavy atom. The van der Waals surface area contributed by atoms with Gasteiger partial charge in [-0.1, -0.05) is 26.0 Å². The third kappa shape index (κ3) is 4.83. The Morgan fingerprint density at radius 2 is 1.79 bits per heavy atom. The number of aromatic hydroxyl groups is 1. The molecule has 0 bridgehead atoms. The molecule has 1 rings (SSSR count). The molecule has 0 fully saturated rings. The maximum Gasteiger partial charge on any atom is 0.326 e. The number of carbonyl (C=O) groups excluding carboxylic acids is 1. The van der Waals surface area contributed by atoms with Crippen molar-refractivity contribution in [1.82, 2.24) is 5.32 Å². The molecule has 0 saturated carbocycles. The van der Waals surface area contributed by atoms with Crippen molar-refractivity contribution in [1.29, 1.82) is 0 Å². The van der Waals surface area contributed by atoms with E-state index in [0.717, 1.165) is 5.56 Å². The summed E-state index contributed by atoms with van der Waals surface area (Å²) in [5.41, 5.74) is 0.740. The highest BCUT2D eigenvalue weighted by Gasteiger charge is 2.22. The average Bonchev–Trinajstić information content (AvgIpc) is 2.34. The fourth-order valence-corrected chi connectivity index (χ4v) is 1.47. The van der Waals surface area contributed by atoms with Crippen molar-refractivity contribution in [3.8, 4) is 5.75 Å². The van der Waals surface area contributed by atoms with Gasteiger partial charge in [-0.3, -0.25) is 4.79 Å². The predicted octanol–water partition coefficient (Wildman–Crippen LogP) is 1.63. The lowest BCUT2D eigenvalue weighted by atomic mass is 10.0. The molecule has 1 atom stereocenters. The molecule has 5 heteroatoms. The summed E-state index contributed by atoms with van der Waals surface area (Å²) >= 11 is 0. The smallest absolute Gasteiger partial charge is 0.326 e. The van der Waals surface area contributed by atoms with Crippen LogP contribution in [-0.4, -0.2) is 28.1 Å². The molecular formula is C14H17NO4. The first-order valence-electron chi connectivity index (χ1n) is 5.90. The normalized spacial score (nSPS) is 12.6. The summed E-state index contributed by atoms with van der Waals surface area (Å²) in [6.45, 7) is 3.45. The first-order chi connectivity index (χ1) is 8.90. The Hall–Kier alpha value is -2.30. The number of carboxylic acids is 1. The van der Waals surface area contributed by atoms with Gasteiger partial charge in [-0.15, -0.1) is 0 Å². The highest BCUT2D eigenvalue weighted by molar-refractivity contribution is 5.94. The number of hydrogen-bond acceptors (Lipinski definition) is 3. The molecule has 0 saturated heterocycles. The number of carbonyl (C=O) groups is 2. The van der Waals surface area contributed by atoms with Crippen LogP contribution in [0.25, 0.3) is 6.08 Å². The number of phenols is 1. The summed E-state index contributed by atoms with van der Waals surface area (Å²) in [6, 6.07) is 5.40. The van der Waals surface area contributed by atoms with Crippen molar-refractivity contribution in [3.05, 3.63) is 35.9 Å². The molecule has 1 unspecified atom stereocenters. The van der Waals surface area contributed by atoms with E-state index in [9.17, 15) is 9.59 Å². The maximum absolute atomic E-state index is 11.6. The molecule has 5 nitrogen and oxygen atoms in total. The molecule has 0 radical (unpaired) electrons. The van der Waals surface area contributed by atoms with Crippen LogP contribution in [0.15, 0.2) is 30.3 Å². The highest BCUT2D eigenvalue weighted by Crippen LogP contribution is 2.10. The lowest BCUT2D eigenvalue weighted by Crippen LogP contribution is -2.43. The fourth-order valence-electron chi connectivity index (χ4n) is 1.47. The van der Waals surface area contributed by atoms with Crippen LogP contribution in [0.2, 0.25) is 0 Å². The van der Waals surface area contributed by atoms with Crippen molar-refractivity contribution in [3.63, 3.8) is 0 Å². The summed E-state index contributed by atoms with van der Waals surface area (Å²) < 4.78 is 0. The number of aliphatic carboxylic acids is 1.